The zero-order valence-electron chi connectivity index (χ0n) is 4.59. The third-order valence-electron chi connectivity index (χ3n) is 0.664. The molecule has 9 heavy (non-hydrogen) atoms. The van der Waals surface area contributed by atoms with E-state index in [1.165, 1.54) is 0 Å². The van der Waals surface area contributed by atoms with E-state index < -0.39 is 19.0 Å². The van der Waals surface area contributed by atoms with Crippen molar-refractivity contribution in [3.63, 3.8) is 0 Å². The smallest absolute Gasteiger partial charge is 0.265 e. The first-order chi connectivity index (χ1) is 4.12. The molecule has 2 N–H and O–H groups in total. The summed E-state index contributed by atoms with van der Waals surface area (Å²) in [5.74, 6) is -3.05. The van der Waals surface area contributed by atoms with Crippen LogP contribution in [0.2, 0.25) is 0 Å². The molecule has 0 bridgehead atoms. The van der Waals surface area contributed by atoms with Gasteiger partial charge in [-0.05, 0) is 5.53 Å². The molecule has 0 aliphatic rings. The summed E-state index contributed by atoms with van der Waals surface area (Å²) in [5.41, 5.74) is 12.2. The van der Waals surface area contributed by atoms with Gasteiger partial charge in [0.25, 0.3) is 5.92 Å². The van der Waals surface area contributed by atoms with Crippen LogP contribution in [0, 0.1) is 0 Å². The van der Waals surface area contributed by atoms with Gasteiger partial charge in [0.05, 0.1) is 13.1 Å². The van der Waals surface area contributed by atoms with Crippen molar-refractivity contribution in [1.82, 2.24) is 0 Å². The summed E-state index contributed by atoms with van der Waals surface area (Å²) in [7, 11) is 0. The van der Waals surface area contributed by atoms with Crippen molar-refractivity contribution < 1.29 is 8.78 Å². The lowest BCUT2D eigenvalue weighted by Crippen LogP contribution is -2.30. The minimum atomic E-state index is -3.05. The average molecular weight is 136 g/mol. The van der Waals surface area contributed by atoms with Crippen molar-refractivity contribution in [2.45, 2.75) is 5.92 Å². The molecule has 0 aromatic carbocycles. The zero-order chi connectivity index (χ0) is 7.33. The molecule has 0 saturated heterocycles. The highest BCUT2D eigenvalue weighted by Gasteiger charge is 2.24. The van der Waals surface area contributed by atoms with Gasteiger partial charge in [-0.3, -0.25) is 0 Å². The van der Waals surface area contributed by atoms with Gasteiger partial charge < -0.3 is 5.73 Å². The summed E-state index contributed by atoms with van der Waals surface area (Å²) >= 11 is 0. The Bertz CT molecular complexity index is 128. The molecule has 0 aliphatic heterocycles. The van der Waals surface area contributed by atoms with Crippen LogP contribution < -0.4 is 5.73 Å². The lowest BCUT2D eigenvalue weighted by Gasteiger charge is -2.07. The molecule has 0 fully saturated rings. The molecule has 0 radical (unpaired) electrons. The summed E-state index contributed by atoms with van der Waals surface area (Å²) in [5, 5.41) is 2.66. The van der Waals surface area contributed by atoms with Gasteiger partial charge in [0.2, 0.25) is 0 Å². The molecular formula is C3H6F2N4. The Labute approximate surface area is 50.3 Å². The van der Waals surface area contributed by atoms with Crippen molar-refractivity contribution in [3.05, 3.63) is 10.4 Å². The van der Waals surface area contributed by atoms with Crippen LogP contribution in [-0.2, 0) is 0 Å². The molecule has 0 amide bonds. The number of nitrogens with zero attached hydrogens (tertiary/aromatic N) is 3. The molecule has 0 unspecified atom stereocenters. The van der Waals surface area contributed by atoms with E-state index in [9.17, 15) is 8.78 Å². The number of rotatable bonds is 3. The number of hydrogen-bond donors (Lipinski definition) is 1. The second kappa shape index (κ2) is 3.21. The van der Waals surface area contributed by atoms with Crippen molar-refractivity contribution >= 4 is 0 Å². The van der Waals surface area contributed by atoms with Crippen LogP contribution in [-0.4, -0.2) is 19.0 Å². The monoisotopic (exact) mass is 136 g/mol. The zero-order valence-corrected chi connectivity index (χ0v) is 4.59. The summed E-state index contributed by atoms with van der Waals surface area (Å²) in [4.78, 5) is 2.16. The number of halogens is 2. The van der Waals surface area contributed by atoms with Crippen molar-refractivity contribution in [2.75, 3.05) is 13.1 Å². The molecule has 0 aliphatic carbocycles. The third kappa shape index (κ3) is 3.69. The van der Waals surface area contributed by atoms with Crippen LogP contribution in [0.25, 0.3) is 10.4 Å². The van der Waals surface area contributed by atoms with Crippen LogP contribution in [0.15, 0.2) is 5.11 Å². The van der Waals surface area contributed by atoms with E-state index in [1.807, 2.05) is 0 Å². The van der Waals surface area contributed by atoms with Crippen LogP contribution in [0.1, 0.15) is 0 Å². The lowest BCUT2D eigenvalue weighted by molar-refractivity contribution is 0.0210. The predicted octanol–water partition coefficient (Wildman–Crippen LogP) is 0.891. The average Bonchev–Trinajstić information content (AvgIpc) is 1.84. The maximum Gasteiger partial charge on any atom is 0.265 e. The first kappa shape index (κ1) is 8.13. The minimum Gasteiger partial charge on any atom is -0.325 e. The maximum absolute atomic E-state index is 12.0. The fourth-order valence-corrected chi connectivity index (χ4v) is 0.200. The van der Waals surface area contributed by atoms with E-state index in [1.54, 1.807) is 0 Å². The van der Waals surface area contributed by atoms with Gasteiger partial charge in [0.1, 0.15) is 0 Å². The highest BCUT2D eigenvalue weighted by Crippen LogP contribution is 2.10. The highest BCUT2D eigenvalue weighted by molar-refractivity contribution is 4.69. The first-order valence-corrected chi connectivity index (χ1v) is 2.21. The molecule has 4 nitrogen and oxygen atoms in total. The Balaban J connectivity index is 3.71. The van der Waals surface area contributed by atoms with Gasteiger partial charge in [-0.15, -0.1) is 0 Å². The Morgan fingerprint density at radius 2 is 2.22 bits per heavy atom. The molecule has 6 heteroatoms. The molecular weight excluding hydrogens is 130 g/mol. The van der Waals surface area contributed by atoms with Gasteiger partial charge in [0.15, 0.2) is 0 Å². The topological polar surface area (TPSA) is 74.8 Å². The lowest BCUT2D eigenvalue weighted by atomic mass is 10.3. The predicted molar refractivity (Wildman–Crippen MR) is 28.0 cm³/mol. The fourth-order valence-electron chi connectivity index (χ4n) is 0.200. The largest absolute Gasteiger partial charge is 0.325 e. The molecule has 0 aromatic rings. The Morgan fingerprint density at radius 1 is 1.67 bits per heavy atom. The van der Waals surface area contributed by atoms with Crippen LogP contribution in [0.5, 0.6) is 0 Å². The van der Waals surface area contributed by atoms with Crippen molar-refractivity contribution in [1.29, 1.82) is 0 Å². The molecule has 0 spiro atoms. The second-order valence-corrected chi connectivity index (χ2v) is 1.45. The van der Waals surface area contributed by atoms with E-state index in [0.29, 0.717) is 0 Å². The summed E-state index contributed by atoms with van der Waals surface area (Å²) in [6.07, 6.45) is 0. The third-order valence-corrected chi connectivity index (χ3v) is 0.664. The van der Waals surface area contributed by atoms with E-state index >= 15 is 0 Å². The maximum atomic E-state index is 12.0. The number of hydrogen-bond acceptors (Lipinski definition) is 2. The minimum absolute atomic E-state index is 0.786. The quantitative estimate of drug-likeness (QED) is 0.349. The number of alkyl halides is 2. The molecule has 0 rings (SSSR count). The summed E-state index contributed by atoms with van der Waals surface area (Å²) < 4.78 is 23.9. The molecule has 0 aromatic heterocycles. The van der Waals surface area contributed by atoms with Crippen LogP contribution in [0.3, 0.4) is 0 Å². The standard InChI is InChI=1S/C3H6F2N4/c4-3(5,1-6)2-8-9-7/h1-2,6H2. The summed E-state index contributed by atoms with van der Waals surface area (Å²) in [6.45, 7) is -1.65. The Kier molecular flexibility index (Phi) is 2.90. The molecule has 0 atom stereocenters. The van der Waals surface area contributed by atoms with E-state index in [-0.39, 0.29) is 0 Å². The Hall–Kier alpha value is -0.870. The SMILES string of the molecule is [N-]=[N+]=NCC(F)(F)CN. The number of azide groups is 1. The van der Waals surface area contributed by atoms with E-state index in [2.05, 4.69) is 15.8 Å². The van der Waals surface area contributed by atoms with Crippen LogP contribution in [0.4, 0.5) is 8.78 Å². The molecule has 52 valence electrons. The van der Waals surface area contributed by atoms with Crippen molar-refractivity contribution in [2.24, 2.45) is 10.8 Å². The van der Waals surface area contributed by atoms with Crippen LogP contribution >= 0.6 is 0 Å². The van der Waals surface area contributed by atoms with Gasteiger partial charge in [-0.2, -0.15) is 0 Å². The van der Waals surface area contributed by atoms with Gasteiger partial charge in [0, 0.05) is 4.91 Å². The Morgan fingerprint density at radius 3 is 2.56 bits per heavy atom. The van der Waals surface area contributed by atoms with E-state index in [0.717, 1.165) is 0 Å². The first-order valence-electron chi connectivity index (χ1n) is 2.21. The second-order valence-electron chi connectivity index (χ2n) is 1.45. The molecule has 0 heterocycles. The van der Waals surface area contributed by atoms with Crippen molar-refractivity contribution in [3.8, 4) is 0 Å². The van der Waals surface area contributed by atoms with Gasteiger partial charge >= 0.3 is 0 Å². The number of nitrogens with two attached hydrogens (primary N) is 1. The fraction of sp³-hybridized carbons (Fsp3) is 1.00. The highest BCUT2D eigenvalue weighted by atomic mass is 19.3. The molecule has 0 saturated carbocycles. The summed E-state index contributed by atoms with van der Waals surface area (Å²) in [6, 6.07) is 0. The van der Waals surface area contributed by atoms with Gasteiger partial charge in [-0.25, -0.2) is 8.78 Å². The normalized spacial score (nSPS) is 10.6. The van der Waals surface area contributed by atoms with Gasteiger partial charge in [-0.1, -0.05) is 5.11 Å². The van der Waals surface area contributed by atoms with E-state index in [4.69, 9.17) is 5.53 Å².